The van der Waals surface area contributed by atoms with Crippen molar-refractivity contribution >= 4 is 34.4 Å². The largest absolute Gasteiger partial charge is 0.481 e. The van der Waals surface area contributed by atoms with Gasteiger partial charge in [-0.3, -0.25) is 14.4 Å². The number of carbonyl (C=O) groups is 3. The van der Waals surface area contributed by atoms with Crippen LogP contribution < -0.4 is 14.6 Å². The van der Waals surface area contributed by atoms with Gasteiger partial charge < -0.3 is 24.2 Å². The minimum atomic E-state index is -0.506. The van der Waals surface area contributed by atoms with Crippen molar-refractivity contribution in [2.75, 3.05) is 13.1 Å². The highest BCUT2D eigenvalue weighted by atomic mass is 31.0. The maximum atomic E-state index is 11.8. The Kier molecular flexibility index (Phi) is 5.73. The van der Waals surface area contributed by atoms with E-state index in [2.05, 4.69) is 25.5 Å². The molecule has 0 saturated carbocycles. The van der Waals surface area contributed by atoms with E-state index in [-0.39, 0.29) is 35.3 Å². The topological polar surface area (TPSA) is 94.2 Å². The summed E-state index contributed by atoms with van der Waals surface area (Å²) in [7, 11) is 3.90. The molecular formula is C23H27BN2O6P. The Morgan fingerprint density at radius 1 is 1.27 bits per heavy atom. The first-order valence-corrected chi connectivity index (χ1v) is 11.9. The summed E-state index contributed by atoms with van der Waals surface area (Å²) < 4.78 is 17.7. The fraction of sp³-hybridized carbons (Fsp3) is 0.522. The first-order valence-electron chi connectivity index (χ1n) is 11.3. The molecule has 1 radical (unpaired) electrons. The summed E-state index contributed by atoms with van der Waals surface area (Å²) in [5.41, 5.74) is 1.93. The monoisotopic (exact) mass is 469 g/mol. The molecule has 5 rings (SSSR count). The maximum absolute atomic E-state index is 11.8. The van der Waals surface area contributed by atoms with Crippen LogP contribution in [0.25, 0.3) is 0 Å². The van der Waals surface area contributed by atoms with E-state index in [1.165, 1.54) is 19.4 Å². The van der Waals surface area contributed by atoms with Gasteiger partial charge in [-0.1, -0.05) is 18.5 Å². The molecule has 1 aromatic carbocycles. The third-order valence-corrected chi connectivity index (χ3v) is 7.68. The standard InChI is InChI=1S/C23H27BN2O6P/c1-12(27)30-17-5-3-14-11-16-15-4-6-18(31-13(2)28)21-23(15,19(14)20(17)32-21)7-9-26(16)10-8-24-22(29)25-33/h3-6,15-16,18,21H,7-11,33H2,1-2H3,(H,25,29)/t15-,16?,18-,21-,23-/m0/s1. The molecule has 33 heavy (non-hydrogen) atoms. The highest BCUT2D eigenvalue weighted by Crippen LogP contribution is 2.62. The summed E-state index contributed by atoms with van der Waals surface area (Å²) >= 11 is 0. The number of rotatable bonds is 6. The zero-order chi connectivity index (χ0) is 23.3. The van der Waals surface area contributed by atoms with Crippen LogP contribution in [0.3, 0.4) is 0 Å². The summed E-state index contributed by atoms with van der Waals surface area (Å²) in [5.74, 6) is 0.339. The van der Waals surface area contributed by atoms with Crippen molar-refractivity contribution in [3.63, 3.8) is 0 Å². The molecule has 2 heterocycles. The van der Waals surface area contributed by atoms with Crippen LogP contribution >= 0.6 is 9.39 Å². The van der Waals surface area contributed by atoms with E-state index < -0.39 is 12.1 Å². The number of amides is 1. The number of carbonyl (C=O) groups excluding carboxylic acids is 3. The predicted octanol–water partition coefficient (Wildman–Crippen LogP) is 1.98. The van der Waals surface area contributed by atoms with Crippen LogP contribution in [0.15, 0.2) is 24.3 Å². The lowest BCUT2D eigenvalue weighted by molar-refractivity contribution is -0.152. The SMILES string of the molecule is CC(=O)Oc1ccc2c3c1O[C@H]1[C@@H](OC(C)=O)C=C[C@H]4C(C2)N(CC[B]C(=O)NP)CC[C@@]341. The van der Waals surface area contributed by atoms with Crippen LogP contribution in [0.4, 0.5) is 4.79 Å². The molecule has 2 aliphatic carbocycles. The number of piperidine rings is 1. The van der Waals surface area contributed by atoms with Crippen molar-refractivity contribution in [3.05, 3.63) is 35.4 Å². The summed E-state index contributed by atoms with van der Waals surface area (Å²) in [6, 6.07) is 4.07. The first kappa shape index (κ1) is 22.4. The molecule has 1 amide bonds. The predicted molar refractivity (Wildman–Crippen MR) is 125 cm³/mol. The van der Waals surface area contributed by atoms with Crippen LogP contribution in [0, 0.1) is 5.92 Å². The highest BCUT2D eigenvalue weighted by molar-refractivity contribution is 7.16. The van der Waals surface area contributed by atoms with Gasteiger partial charge in [0.15, 0.2) is 23.4 Å². The zero-order valence-corrected chi connectivity index (χ0v) is 19.9. The number of hydrogen-bond acceptors (Lipinski definition) is 7. The van der Waals surface area contributed by atoms with Gasteiger partial charge >= 0.3 is 11.9 Å². The van der Waals surface area contributed by atoms with Gasteiger partial charge in [0, 0.05) is 36.8 Å². The van der Waals surface area contributed by atoms with Crippen LogP contribution in [0.5, 0.6) is 11.5 Å². The van der Waals surface area contributed by atoms with E-state index in [1.54, 1.807) is 13.3 Å². The molecule has 2 bridgehead atoms. The minimum absolute atomic E-state index is 0.101. The third-order valence-electron chi connectivity index (χ3n) is 7.40. The van der Waals surface area contributed by atoms with Gasteiger partial charge in [0.25, 0.3) is 0 Å². The second-order valence-electron chi connectivity index (χ2n) is 9.14. The molecule has 2 unspecified atom stereocenters. The van der Waals surface area contributed by atoms with Gasteiger partial charge in [-0.15, -0.1) is 0 Å². The van der Waals surface area contributed by atoms with Gasteiger partial charge in [0.2, 0.25) is 7.28 Å². The number of hydrogen-bond donors (Lipinski definition) is 1. The summed E-state index contributed by atoms with van der Waals surface area (Å²) in [6.45, 7) is 4.41. The molecule has 8 nitrogen and oxygen atoms in total. The molecule has 1 N–H and O–H groups in total. The van der Waals surface area contributed by atoms with Crippen molar-refractivity contribution < 1.29 is 28.6 Å². The van der Waals surface area contributed by atoms with Crippen molar-refractivity contribution in [1.82, 2.24) is 9.99 Å². The molecule has 1 aromatic rings. The van der Waals surface area contributed by atoms with Gasteiger partial charge in [0.05, 0.1) is 0 Å². The number of benzene rings is 1. The van der Waals surface area contributed by atoms with Gasteiger partial charge in [-0.25, -0.2) is 0 Å². The number of nitrogens with zero attached hydrogens (tertiary/aromatic N) is 1. The van der Waals surface area contributed by atoms with Crippen molar-refractivity contribution in [1.29, 1.82) is 0 Å². The summed E-state index contributed by atoms with van der Waals surface area (Å²) in [4.78, 5) is 37.7. The van der Waals surface area contributed by atoms with E-state index in [0.29, 0.717) is 17.8 Å². The van der Waals surface area contributed by atoms with Crippen molar-refractivity contribution in [2.24, 2.45) is 5.92 Å². The molecule has 1 fully saturated rings. The average molecular weight is 469 g/mol. The van der Waals surface area contributed by atoms with E-state index in [1.807, 2.05) is 12.1 Å². The molecule has 10 heteroatoms. The van der Waals surface area contributed by atoms with E-state index >= 15 is 0 Å². The first-order chi connectivity index (χ1) is 15.8. The van der Waals surface area contributed by atoms with E-state index in [4.69, 9.17) is 14.2 Å². The van der Waals surface area contributed by atoms with Crippen LogP contribution in [-0.2, 0) is 26.2 Å². The number of ether oxygens (including phenoxy) is 3. The Labute approximate surface area is 195 Å². The lowest BCUT2D eigenvalue weighted by atomic mass is 9.53. The maximum Gasteiger partial charge on any atom is 0.308 e. The number of esters is 2. The smallest absolute Gasteiger partial charge is 0.308 e. The Balaban J connectivity index is 1.54. The molecule has 4 aliphatic rings. The Hall–Kier alpha value is -2.38. The van der Waals surface area contributed by atoms with E-state index in [0.717, 1.165) is 31.5 Å². The fourth-order valence-electron chi connectivity index (χ4n) is 6.33. The summed E-state index contributed by atoms with van der Waals surface area (Å²) in [5, 5.41) is 2.55. The quantitative estimate of drug-likeness (QED) is 0.224. The molecule has 2 aliphatic heterocycles. The third kappa shape index (κ3) is 3.57. The number of likely N-dealkylation sites (tertiary alicyclic amines) is 1. The molecule has 1 saturated heterocycles. The van der Waals surface area contributed by atoms with Crippen molar-refractivity contribution in [3.8, 4) is 11.5 Å². The molecular weight excluding hydrogens is 442 g/mol. The molecule has 6 atom stereocenters. The second-order valence-corrected chi connectivity index (χ2v) is 9.43. The van der Waals surface area contributed by atoms with E-state index in [9.17, 15) is 14.4 Å². The van der Waals surface area contributed by atoms with Gasteiger partial charge in [0.1, 0.15) is 6.10 Å². The zero-order valence-electron chi connectivity index (χ0n) is 18.7. The summed E-state index contributed by atoms with van der Waals surface area (Å²) in [6.07, 6.45) is 5.57. The van der Waals surface area contributed by atoms with Gasteiger partial charge in [-0.05, 0) is 53.0 Å². The van der Waals surface area contributed by atoms with Gasteiger partial charge in [-0.2, -0.15) is 0 Å². The normalized spacial score (nSPS) is 30.6. The molecule has 0 aromatic heterocycles. The Bertz CT molecular complexity index is 1050. The molecule has 173 valence electrons. The molecule has 1 spiro atoms. The van der Waals surface area contributed by atoms with Crippen LogP contribution in [-0.4, -0.2) is 61.3 Å². The van der Waals surface area contributed by atoms with Crippen LogP contribution in [0.1, 0.15) is 31.4 Å². The fourth-order valence-corrected chi connectivity index (χ4v) is 6.45. The van der Waals surface area contributed by atoms with Crippen molar-refractivity contribution in [2.45, 2.75) is 56.7 Å². The number of nitrogens with one attached hydrogen (secondary N) is 1. The Morgan fingerprint density at radius 2 is 2.09 bits per heavy atom. The van der Waals surface area contributed by atoms with Crippen LogP contribution in [0.2, 0.25) is 6.32 Å². The lowest BCUT2D eigenvalue weighted by Crippen LogP contribution is -2.65. The Morgan fingerprint density at radius 3 is 2.82 bits per heavy atom. The second kappa shape index (κ2) is 8.44. The highest BCUT2D eigenvalue weighted by Gasteiger charge is 2.65. The lowest BCUT2D eigenvalue weighted by Gasteiger charge is -2.57. The minimum Gasteiger partial charge on any atom is -0.481 e. The average Bonchev–Trinajstić information content (AvgIpc) is 3.12.